The van der Waals surface area contributed by atoms with Crippen molar-refractivity contribution in [2.24, 2.45) is 0 Å². The van der Waals surface area contributed by atoms with E-state index in [0.717, 1.165) is 5.56 Å². The van der Waals surface area contributed by atoms with Gasteiger partial charge in [0.05, 0.1) is 0 Å². The predicted octanol–water partition coefficient (Wildman–Crippen LogP) is 4.52. The minimum Gasteiger partial charge on any atom is -0.199 e. The molecule has 0 saturated heterocycles. The molecular weight excluding hydrogens is 251 g/mol. The van der Waals surface area contributed by atoms with Gasteiger partial charge >= 0.3 is 16.5 Å². The summed E-state index contributed by atoms with van der Waals surface area (Å²) in [6, 6.07) is 20.3. The fraction of sp³-hybridized carbons (Fsp3) is 0.125. The monoisotopic (exact) mass is 268 g/mol. The molecule has 0 atom stereocenters. The van der Waals surface area contributed by atoms with E-state index >= 15 is 0 Å². The van der Waals surface area contributed by atoms with Gasteiger partial charge in [0.1, 0.15) is 0 Å². The quantitative estimate of drug-likeness (QED) is 0.527. The molecule has 0 aliphatic rings. The van der Waals surface area contributed by atoms with E-state index < -0.39 is 0 Å². The second kappa shape index (κ2) is 8.78. The molecule has 0 aliphatic carbocycles. The third kappa shape index (κ3) is 6.76. The largest absolute Gasteiger partial charge is 2.00 e. The van der Waals surface area contributed by atoms with Crippen molar-refractivity contribution in [1.82, 2.24) is 0 Å². The molecule has 0 N–H and O–H groups in total. The Morgan fingerprint density at radius 2 is 1.18 bits per heavy atom. The number of rotatable bonds is 1. The van der Waals surface area contributed by atoms with Crippen LogP contribution in [0, 0.1) is 12.8 Å². The van der Waals surface area contributed by atoms with Crippen molar-refractivity contribution in [3.05, 3.63) is 84.6 Å². The number of hydrogen-bond donors (Lipinski definition) is 0. The first-order chi connectivity index (χ1) is 7.70. The zero-order chi connectivity index (χ0) is 11.8. The van der Waals surface area contributed by atoms with Gasteiger partial charge in [-0.05, 0) is 0 Å². The summed E-state index contributed by atoms with van der Waals surface area (Å²) in [6.45, 7) is 7.96. The minimum absolute atomic E-state index is 0. The summed E-state index contributed by atoms with van der Waals surface area (Å²) in [6.07, 6.45) is 0. The van der Waals surface area contributed by atoms with E-state index in [0.29, 0.717) is 0 Å². The van der Waals surface area contributed by atoms with E-state index in [1.807, 2.05) is 36.4 Å². The summed E-state index contributed by atoms with van der Waals surface area (Å²) in [5, 5.41) is 0. The second-order valence-electron chi connectivity index (χ2n) is 3.85. The van der Waals surface area contributed by atoms with E-state index in [9.17, 15) is 0 Å². The van der Waals surface area contributed by atoms with Gasteiger partial charge in [-0.1, -0.05) is 26.0 Å². The van der Waals surface area contributed by atoms with Crippen LogP contribution in [0.5, 0.6) is 0 Å². The van der Waals surface area contributed by atoms with Gasteiger partial charge in [-0.2, -0.15) is 48.2 Å². The molecule has 0 radical (unpaired) electrons. The van der Waals surface area contributed by atoms with Crippen LogP contribution in [-0.4, -0.2) is 0 Å². The van der Waals surface area contributed by atoms with Crippen molar-refractivity contribution in [3.8, 4) is 0 Å². The maximum atomic E-state index is 3.72. The van der Waals surface area contributed by atoms with E-state index in [-0.39, 0.29) is 16.5 Å². The first kappa shape index (κ1) is 15.7. The van der Waals surface area contributed by atoms with Crippen LogP contribution >= 0.6 is 0 Å². The fourth-order valence-corrected chi connectivity index (χ4v) is 1.25. The fourth-order valence-electron chi connectivity index (χ4n) is 1.25. The molecule has 0 unspecified atom stereocenters. The van der Waals surface area contributed by atoms with Crippen LogP contribution in [0.25, 0.3) is 0 Å². The normalized spacial score (nSPS) is 8.35. The Labute approximate surface area is 115 Å². The van der Waals surface area contributed by atoms with Crippen LogP contribution in [0.1, 0.15) is 25.0 Å². The molecule has 0 spiro atoms. The maximum absolute atomic E-state index is 3.72. The van der Waals surface area contributed by atoms with Gasteiger partial charge < -0.3 is 0 Å². The molecule has 1 heteroatoms. The van der Waals surface area contributed by atoms with Crippen molar-refractivity contribution < 1.29 is 16.5 Å². The summed E-state index contributed by atoms with van der Waals surface area (Å²) >= 11 is 0. The van der Waals surface area contributed by atoms with Gasteiger partial charge in [-0.25, -0.2) is 0 Å². The molecular formula is C16H18Ni. The number of hydrogen-bond acceptors (Lipinski definition) is 0. The zero-order valence-electron chi connectivity index (χ0n) is 10.3. The van der Waals surface area contributed by atoms with Crippen LogP contribution in [0.4, 0.5) is 0 Å². The third-order valence-electron chi connectivity index (χ3n) is 2.19. The molecule has 92 valence electrons. The van der Waals surface area contributed by atoms with Gasteiger partial charge in [-0.15, -0.1) is 24.3 Å². The van der Waals surface area contributed by atoms with Crippen molar-refractivity contribution >= 4 is 0 Å². The first-order valence-electron chi connectivity index (χ1n) is 5.42. The Kier molecular flexibility index (Phi) is 8.10. The summed E-state index contributed by atoms with van der Waals surface area (Å²) in [5.41, 5.74) is 2.40. The Balaban J connectivity index is 0.000000292. The van der Waals surface area contributed by atoms with Crippen molar-refractivity contribution in [2.75, 3.05) is 0 Å². The van der Waals surface area contributed by atoms with Crippen LogP contribution in [0.2, 0.25) is 0 Å². The zero-order valence-corrected chi connectivity index (χ0v) is 11.3. The smallest absolute Gasteiger partial charge is 0.199 e. The molecule has 0 heterocycles. The van der Waals surface area contributed by atoms with Crippen molar-refractivity contribution in [3.63, 3.8) is 0 Å². The molecule has 0 bridgehead atoms. The van der Waals surface area contributed by atoms with Gasteiger partial charge in [-0.3, -0.25) is 0 Å². The average Bonchev–Trinajstić information content (AvgIpc) is 2.32. The molecule has 2 rings (SSSR count). The van der Waals surface area contributed by atoms with E-state index in [2.05, 4.69) is 45.0 Å². The van der Waals surface area contributed by atoms with Gasteiger partial charge in [0.25, 0.3) is 0 Å². The number of benzene rings is 2. The van der Waals surface area contributed by atoms with Crippen LogP contribution in [-0.2, 0) is 16.5 Å². The average molecular weight is 269 g/mol. The molecule has 0 nitrogen and oxygen atoms in total. The Bertz CT molecular complexity index is 379. The Hall–Kier alpha value is -1.33. The van der Waals surface area contributed by atoms with Gasteiger partial charge in [0.15, 0.2) is 0 Å². The first-order valence-corrected chi connectivity index (χ1v) is 5.42. The minimum atomic E-state index is 0. The molecule has 17 heavy (non-hydrogen) atoms. The van der Waals surface area contributed by atoms with Gasteiger partial charge in [0.2, 0.25) is 0 Å². The van der Waals surface area contributed by atoms with Crippen LogP contribution in [0.3, 0.4) is 0 Å². The van der Waals surface area contributed by atoms with Crippen molar-refractivity contribution in [1.29, 1.82) is 0 Å². The SMILES string of the molecule is C[C-](C)c1ccccc1.[CH2-]c1ccccc1.[Ni+2]. The van der Waals surface area contributed by atoms with Crippen molar-refractivity contribution in [2.45, 2.75) is 13.8 Å². The molecule has 0 aromatic heterocycles. The second-order valence-corrected chi connectivity index (χ2v) is 3.85. The van der Waals surface area contributed by atoms with E-state index in [1.165, 1.54) is 11.5 Å². The third-order valence-corrected chi connectivity index (χ3v) is 2.19. The molecule has 0 fully saturated rings. The van der Waals surface area contributed by atoms with E-state index in [1.54, 1.807) is 0 Å². The molecule has 2 aromatic carbocycles. The predicted molar refractivity (Wildman–Crippen MR) is 71.0 cm³/mol. The Morgan fingerprint density at radius 3 is 1.41 bits per heavy atom. The molecule has 2 aromatic rings. The van der Waals surface area contributed by atoms with Crippen LogP contribution < -0.4 is 0 Å². The summed E-state index contributed by atoms with van der Waals surface area (Å²) in [5.74, 6) is 1.37. The van der Waals surface area contributed by atoms with Gasteiger partial charge in [0, 0.05) is 0 Å². The topological polar surface area (TPSA) is 0 Å². The molecule has 0 saturated carbocycles. The molecule has 0 amide bonds. The van der Waals surface area contributed by atoms with Crippen LogP contribution in [0.15, 0.2) is 60.7 Å². The summed E-state index contributed by atoms with van der Waals surface area (Å²) in [7, 11) is 0. The summed E-state index contributed by atoms with van der Waals surface area (Å²) < 4.78 is 0. The van der Waals surface area contributed by atoms with E-state index in [4.69, 9.17) is 0 Å². The summed E-state index contributed by atoms with van der Waals surface area (Å²) in [4.78, 5) is 0. The molecule has 0 aliphatic heterocycles. The maximum Gasteiger partial charge on any atom is 2.00 e. The Morgan fingerprint density at radius 1 is 0.765 bits per heavy atom. The standard InChI is InChI=1S/C9H11.C7H7.Ni/c1-8(2)9-6-4-3-5-7-9;1-7-5-3-2-4-6-7;/h3-7H,1-2H3;2-6H,1H2;/q2*-1;+2.